The standard InChI is InChI=1S/C15H17FO4/c1-18-15(4-6-19-7-5-15)14(17)13-9-10-8-11(16)2-3-12(10)20-13/h2-3,8-9,14,17H,4-7H2,1H3. The van der Waals surface area contributed by atoms with Crippen molar-refractivity contribution >= 4 is 11.0 Å². The molecule has 1 aromatic heterocycles. The van der Waals surface area contributed by atoms with Crippen LogP contribution in [0.25, 0.3) is 11.0 Å². The van der Waals surface area contributed by atoms with Gasteiger partial charge in [0.05, 0.1) is 0 Å². The number of furan rings is 1. The number of rotatable bonds is 3. The largest absolute Gasteiger partial charge is 0.458 e. The van der Waals surface area contributed by atoms with Gasteiger partial charge >= 0.3 is 0 Å². The van der Waals surface area contributed by atoms with E-state index in [1.807, 2.05) is 0 Å². The number of benzene rings is 1. The summed E-state index contributed by atoms with van der Waals surface area (Å²) >= 11 is 0. The van der Waals surface area contributed by atoms with E-state index in [2.05, 4.69) is 0 Å². The normalized spacial score (nSPS) is 20.1. The van der Waals surface area contributed by atoms with Gasteiger partial charge in [-0.25, -0.2) is 4.39 Å². The summed E-state index contributed by atoms with van der Waals surface area (Å²) in [4.78, 5) is 0. The second kappa shape index (κ2) is 5.16. The van der Waals surface area contributed by atoms with Gasteiger partial charge in [-0.2, -0.15) is 0 Å². The SMILES string of the molecule is COC1(C(O)c2cc3cc(F)ccc3o2)CCOCC1. The van der Waals surface area contributed by atoms with Crippen LogP contribution < -0.4 is 0 Å². The molecule has 0 amide bonds. The lowest BCUT2D eigenvalue weighted by molar-refractivity contribution is -0.159. The molecule has 0 bridgehead atoms. The van der Waals surface area contributed by atoms with Gasteiger partial charge in [0.15, 0.2) is 0 Å². The molecule has 1 saturated heterocycles. The van der Waals surface area contributed by atoms with Crippen molar-refractivity contribution in [3.8, 4) is 0 Å². The van der Waals surface area contributed by atoms with E-state index in [0.717, 1.165) is 0 Å². The van der Waals surface area contributed by atoms with Gasteiger partial charge in [0.2, 0.25) is 0 Å². The summed E-state index contributed by atoms with van der Waals surface area (Å²) < 4.78 is 29.7. The highest BCUT2D eigenvalue weighted by Crippen LogP contribution is 2.39. The highest BCUT2D eigenvalue weighted by atomic mass is 19.1. The Kier molecular flexibility index (Phi) is 3.50. The molecule has 0 radical (unpaired) electrons. The molecule has 1 aromatic carbocycles. The van der Waals surface area contributed by atoms with Crippen molar-refractivity contribution in [1.82, 2.24) is 0 Å². The van der Waals surface area contributed by atoms with Crippen molar-refractivity contribution in [2.75, 3.05) is 20.3 Å². The number of hydrogen-bond donors (Lipinski definition) is 1. The second-order valence-electron chi connectivity index (χ2n) is 5.11. The fraction of sp³-hybridized carbons (Fsp3) is 0.467. The molecule has 0 saturated carbocycles. The Morgan fingerprint density at radius 3 is 2.75 bits per heavy atom. The molecule has 2 heterocycles. The lowest BCUT2D eigenvalue weighted by Gasteiger charge is -2.38. The van der Waals surface area contributed by atoms with Crippen molar-refractivity contribution < 1.29 is 23.4 Å². The van der Waals surface area contributed by atoms with Gasteiger partial charge in [0.1, 0.15) is 28.9 Å². The summed E-state index contributed by atoms with van der Waals surface area (Å²) in [6.07, 6.45) is 0.290. The molecule has 1 N–H and O–H groups in total. The predicted molar refractivity (Wildman–Crippen MR) is 70.9 cm³/mol. The van der Waals surface area contributed by atoms with Crippen LogP contribution in [0.3, 0.4) is 0 Å². The zero-order valence-electron chi connectivity index (χ0n) is 11.3. The first-order valence-electron chi connectivity index (χ1n) is 6.64. The van der Waals surface area contributed by atoms with Gasteiger partial charge in [0, 0.05) is 38.6 Å². The average Bonchev–Trinajstić information content (AvgIpc) is 2.90. The number of halogens is 1. The van der Waals surface area contributed by atoms with E-state index in [4.69, 9.17) is 13.9 Å². The van der Waals surface area contributed by atoms with Gasteiger partial charge in [-0.15, -0.1) is 0 Å². The molecule has 1 aliphatic rings. The molecule has 20 heavy (non-hydrogen) atoms. The topological polar surface area (TPSA) is 51.8 Å². The van der Waals surface area contributed by atoms with Crippen LogP contribution in [0, 0.1) is 5.82 Å². The summed E-state index contributed by atoms with van der Waals surface area (Å²) in [6, 6.07) is 5.95. The van der Waals surface area contributed by atoms with E-state index in [9.17, 15) is 9.50 Å². The lowest BCUT2D eigenvalue weighted by Crippen LogP contribution is -2.43. The molecule has 4 nitrogen and oxygen atoms in total. The van der Waals surface area contributed by atoms with Crippen LogP contribution >= 0.6 is 0 Å². The van der Waals surface area contributed by atoms with E-state index in [1.54, 1.807) is 19.2 Å². The third kappa shape index (κ3) is 2.22. The fourth-order valence-electron chi connectivity index (χ4n) is 2.73. The molecule has 1 atom stereocenters. The fourth-order valence-corrected chi connectivity index (χ4v) is 2.73. The van der Waals surface area contributed by atoms with Crippen molar-refractivity contribution in [1.29, 1.82) is 0 Å². The van der Waals surface area contributed by atoms with Gasteiger partial charge in [0.25, 0.3) is 0 Å². The minimum atomic E-state index is -0.896. The molecule has 3 rings (SSSR count). The van der Waals surface area contributed by atoms with E-state index in [-0.39, 0.29) is 5.82 Å². The predicted octanol–water partition coefficient (Wildman–Crippen LogP) is 2.80. The van der Waals surface area contributed by atoms with Crippen molar-refractivity contribution in [2.45, 2.75) is 24.5 Å². The number of aliphatic hydroxyl groups excluding tert-OH is 1. The zero-order chi connectivity index (χ0) is 14.2. The van der Waals surface area contributed by atoms with Crippen LogP contribution in [0.4, 0.5) is 4.39 Å². The van der Waals surface area contributed by atoms with E-state index in [0.29, 0.717) is 42.8 Å². The Morgan fingerprint density at radius 2 is 2.05 bits per heavy atom. The summed E-state index contributed by atoms with van der Waals surface area (Å²) in [5.74, 6) is 0.0706. The average molecular weight is 280 g/mol. The highest BCUT2D eigenvalue weighted by Gasteiger charge is 2.42. The summed E-state index contributed by atoms with van der Waals surface area (Å²) in [5.41, 5.74) is -0.149. The van der Waals surface area contributed by atoms with Crippen LogP contribution in [0.15, 0.2) is 28.7 Å². The Labute approximate surface area is 116 Å². The number of ether oxygens (including phenoxy) is 2. The Hall–Kier alpha value is -1.43. The summed E-state index contributed by atoms with van der Waals surface area (Å²) in [7, 11) is 1.58. The van der Waals surface area contributed by atoms with Gasteiger partial charge in [-0.05, 0) is 24.3 Å². The van der Waals surface area contributed by atoms with Crippen molar-refractivity contribution in [2.24, 2.45) is 0 Å². The van der Waals surface area contributed by atoms with Gasteiger partial charge in [-0.3, -0.25) is 0 Å². The highest BCUT2D eigenvalue weighted by molar-refractivity contribution is 5.78. The quantitative estimate of drug-likeness (QED) is 0.939. The van der Waals surface area contributed by atoms with Gasteiger partial charge in [-0.1, -0.05) is 0 Å². The summed E-state index contributed by atoms with van der Waals surface area (Å²) in [5, 5.41) is 11.2. The minimum Gasteiger partial charge on any atom is -0.458 e. The molecular formula is C15H17FO4. The third-order valence-corrected chi connectivity index (χ3v) is 4.01. The molecular weight excluding hydrogens is 263 g/mol. The lowest BCUT2D eigenvalue weighted by atomic mass is 9.86. The number of hydrogen-bond acceptors (Lipinski definition) is 4. The Morgan fingerprint density at radius 1 is 1.30 bits per heavy atom. The number of methoxy groups -OCH3 is 1. The van der Waals surface area contributed by atoms with Crippen molar-refractivity contribution in [3.63, 3.8) is 0 Å². The maximum absolute atomic E-state index is 13.2. The first kappa shape index (κ1) is 13.5. The molecule has 0 aliphatic carbocycles. The maximum Gasteiger partial charge on any atom is 0.141 e. The number of fused-ring (bicyclic) bond motifs is 1. The molecule has 1 unspecified atom stereocenters. The monoisotopic (exact) mass is 280 g/mol. The second-order valence-corrected chi connectivity index (χ2v) is 5.11. The van der Waals surface area contributed by atoms with Crippen LogP contribution in [-0.2, 0) is 9.47 Å². The van der Waals surface area contributed by atoms with Crippen LogP contribution in [-0.4, -0.2) is 31.0 Å². The van der Waals surface area contributed by atoms with Crippen LogP contribution in [0.2, 0.25) is 0 Å². The maximum atomic E-state index is 13.2. The van der Waals surface area contributed by atoms with E-state index >= 15 is 0 Å². The smallest absolute Gasteiger partial charge is 0.141 e. The molecule has 1 aliphatic heterocycles. The van der Waals surface area contributed by atoms with Gasteiger partial charge < -0.3 is 19.0 Å². The number of aliphatic hydroxyl groups is 1. The first-order chi connectivity index (χ1) is 9.64. The van der Waals surface area contributed by atoms with E-state index in [1.165, 1.54) is 12.1 Å². The molecule has 0 spiro atoms. The zero-order valence-corrected chi connectivity index (χ0v) is 11.3. The van der Waals surface area contributed by atoms with Crippen molar-refractivity contribution in [3.05, 3.63) is 35.8 Å². The first-order valence-corrected chi connectivity index (χ1v) is 6.64. The van der Waals surface area contributed by atoms with Crippen LogP contribution in [0.5, 0.6) is 0 Å². The molecule has 2 aromatic rings. The Bertz CT molecular complexity index is 601. The van der Waals surface area contributed by atoms with E-state index < -0.39 is 11.7 Å². The summed E-state index contributed by atoms with van der Waals surface area (Å²) in [6.45, 7) is 1.08. The Balaban J connectivity index is 1.96. The minimum absolute atomic E-state index is 0.327. The molecule has 5 heteroatoms. The van der Waals surface area contributed by atoms with Crippen LogP contribution in [0.1, 0.15) is 24.7 Å². The third-order valence-electron chi connectivity index (χ3n) is 4.01. The molecule has 1 fully saturated rings. The molecule has 108 valence electrons.